The Bertz CT molecular complexity index is 1120. The molecule has 0 atom stereocenters. The lowest BCUT2D eigenvalue weighted by Gasteiger charge is -2.10. The quantitative estimate of drug-likeness (QED) is 0.558. The van der Waals surface area contributed by atoms with Crippen LogP contribution >= 0.6 is 0 Å². The van der Waals surface area contributed by atoms with Crippen molar-refractivity contribution in [2.24, 2.45) is 0 Å². The number of nitrogens with one attached hydrogen (secondary N) is 2. The van der Waals surface area contributed by atoms with E-state index in [9.17, 15) is 4.79 Å². The first kappa shape index (κ1) is 17.5. The number of aromatic nitrogens is 4. The van der Waals surface area contributed by atoms with E-state index in [-0.39, 0.29) is 11.6 Å². The molecule has 0 aliphatic heterocycles. The van der Waals surface area contributed by atoms with Crippen molar-refractivity contribution in [1.82, 2.24) is 19.9 Å². The molecule has 3 heterocycles. The van der Waals surface area contributed by atoms with Crippen molar-refractivity contribution >= 4 is 28.4 Å². The summed E-state index contributed by atoms with van der Waals surface area (Å²) < 4.78 is 0. The molecule has 0 unspecified atom stereocenters. The third kappa shape index (κ3) is 3.93. The van der Waals surface area contributed by atoms with Gasteiger partial charge in [-0.25, -0.2) is 9.97 Å². The summed E-state index contributed by atoms with van der Waals surface area (Å²) in [5, 5.41) is 6.97. The highest BCUT2D eigenvalue weighted by Crippen LogP contribution is 2.21. The van der Waals surface area contributed by atoms with E-state index in [0.29, 0.717) is 23.9 Å². The molecule has 0 spiro atoms. The van der Waals surface area contributed by atoms with Crippen LogP contribution in [0.25, 0.3) is 10.9 Å². The zero-order valence-electron chi connectivity index (χ0n) is 15.3. The normalized spacial score (nSPS) is 10.6. The standard InChI is InChI=1S/C21H18N6O/c1-14-12-18(27-21(25-14)24-13-16-8-2-3-10-22-16)20(28)26-17-9-4-6-15-7-5-11-23-19(15)17/h2-12H,13H2,1H3,(H,26,28)(H,24,25,27). The zero-order chi connectivity index (χ0) is 19.3. The number of fused-ring (bicyclic) bond motifs is 1. The second-order valence-corrected chi connectivity index (χ2v) is 6.23. The minimum Gasteiger partial charge on any atom is -0.349 e. The molecule has 0 fully saturated rings. The summed E-state index contributed by atoms with van der Waals surface area (Å²) in [5.41, 5.74) is 3.21. The SMILES string of the molecule is Cc1cc(C(=O)Nc2cccc3cccnc23)nc(NCc2ccccn2)n1. The lowest BCUT2D eigenvalue weighted by Crippen LogP contribution is -2.16. The van der Waals surface area contributed by atoms with E-state index in [4.69, 9.17) is 0 Å². The lowest BCUT2D eigenvalue weighted by atomic mass is 10.2. The fourth-order valence-electron chi connectivity index (χ4n) is 2.83. The maximum absolute atomic E-state index is 12.8. The first-order chi connectivity index (χ1) is 13.7. The molecule has 0 radical (unpaired) electrons. The number of anilines is 2. The molecule has 7 heteroatoms. The van der Waals surface area contributed by atoms with Gasteiger partial charge in [0, 0.05) is 23.5 Å². The molecule has 138 valence electrons. The summed E-state index contributed by atoms with van der Waals surface area (Å²) in [6.45, 7) is 2.29. The number of carbonyl (C=O) groups is 1. The molecule has 0 saturated heterocycles. The summed E-state index contributed by atoms with van der Waals surface area (Å²) in [6, 6.07) is 16.8. The van der Waals surface area contributed by atoms with E-state index in [0.717, 1.165) is 16.6 Å². The molecule has 1 amide bonds. The largest absolute Gasteiger partial charge is 0.349 e. The van der Waals surface area contributed by atoms with Crippen LogP contribution in [0.1, 0.15) is 21.9 Å². The summed E-state index contributed by atoms with van der Waals surface area (Å²) in [4.78, 5) is 30.1. The first-order valence-corrected chi connectivity index (χ1v) is 8.83. The van der Waals surface area contributed by atoms with Gasteiger partial charge in [-0.15, -0.1) is 0 Å². The Hall–Kier alpha value is -3.87. The van der Waals surface area contributed by atoms with E-state index in [1.165, 1.54) is 0 Å². The van der Waals surface area contributed by atoms with Crippen LogP contribution in [0.15, 0.2) is 67.0 Å². The number of benzene rings is 1. The molecule has 28 heavy (non-hydrogen) atoms. The van der Waals surface area contributed by atoms with Crippen LogP contribution in [0.4, 0.5) is 11.6 Å². The second-order valence-electron chi connectivity index (χ2n) is 6.23. The Morgan fingerprint density at radius 2 is 1.82 bits per heavy atom. The molecule has 4 aromatic rings. The molecule has 3 aromatic heterocycles. The summed E-state index contributed by atoms with van der Waals surface area (Å²) in [7, 11) is 0. The number of amides is 1. The fourth-order valence-corrected chi connectivity index (χ4v) is 2.83. The van der Waals surface area contributed by atoms with Gasteiger partial charge in [-0.3, -0.25) is 14.8 Å². The Kier molecular flexibility index (Phi) is 4.88. The molecule has 0 aliphatic rings. The van der Waals surface area contributed by atoms with Crippen molar-refractivity contribution in [3.05, 3.63) is 84.1 Å². The third-order valence-electron chi connectivity index (χ3n) is 4.12. The fraction of sp³-hybridized carbons (Fsp3) is 0.0952. The summed E-state index contributed by atoms with van der Waals surface area (Å²) in [5.74, 6) is 0.0661. The predicted molar refractivity (Wildman–Crippen MR) is 108 cm³/mol. The molecule has 0 saturated carbocycles. The number of hydrogen-bond donors (Lipinski definition) is 2. The van der Waals surface area contributed by atoms with Crippen molar-refractivity contribution in [2.45, 2.75) is 13.5 Å². The monoisotopic (exact) mass is 370 g/mol. The molecule has 0 bridgehead atoms. The Balaban J connectivity index is 1.55. The maximum atomic E-state index is 12.8. The lowest BCUT2D eigenvalue weighted by molar-refractivity contribution is 0.102. The van der Waals surface area contributed by atoms with Crippen molar-refractivity contribution in [3.8, 4) is 0 Å². The Labute approximate surface area is 161 Å². The van der Waals surface area contributed by atoms with Gasteiger partial charge in [-0.2, -0.15) is 0 Å². The van der Waals surface area contributed by atoms with Crippen molar-refractivity contribution in [2.75, 3.05) is 10.6 Å². The topological polar surface area (TPSA) is 92.7 Å². The van der Waals surface area contributed by atoms with Crippen LogP contribution in [0, 0.1) is 6.92 Å². The van der Waals surface area contributed by atoms with Crippen LogP contribution in [0.5, 0.6) is 0 Å². The number of hydrogen-bond acceptors (Lipinski definition) is 6. The van der Waals surface area contributed by atoms with Crippen molar-refractivity contribution < 1.29 is 4.79 Å². The number of para-hydroxylation sites is 1. The van der Waals surface area contributed by atoms with Crippen LogP contribution in [0.3, 0.4) is 0 Å². The molecule has 4 rings (SSSR count). The van der Waals surface area contributed by atoms with Crippen LogP contribution in [-0.4, -0.2) is 25.8 Å². The summed E-state index contributed by atoms with van der Waals surface area (Å²) >= 11 is 0. The highest BCUT2D eigenvalue weighted by molar-refractivity contribution is 6.07. The average molecular weight is 370 g/mol. The molecule has 7 nitrogen and oxygen atoms in total. The van der Waals surface area contributed by atoms with Gasteiger partial charge >= 0.3 is 0 Å². The van der Waals surface area contributed by atoms with Crippen LogP contribution in [0.2, 0.25) is 0 Å². The second kappa shape index (κ2) is 7.79. The zero-order valence-corrected chi connectivity index (χ0v) is 15.3. The minimum absolute atomic E-state index is 0.281. The van der Waals surface area contributed by atoms with E-state index in [1.807, 2.05) is 55.5 Å². The smallest absolute Gasteiger partial charge is 0.274 e. The van der Waals surface area contributed by atoms with Crippen LogP contribution in [-0.2, 0) is 6.54 Å². The maximum Gasteiger partial charge on any atom is 0.274 e. The van der Waals surface area contributed by atoms with Gasteiger partial charge in [-0.05, 0) is 37.3 Å². The van der Waals surface area contributed by atoms with Crippen LogP contribution < -0.4 is 10.6 Å². The van der Waals surface area contributed by atoms with Crippen molar-refractivity contribution in [3.63, 3.8) is 0 Å². The highest BCUT2D eigenvalue weighted by atomic mass is 16.1. The average Bonchev–Trinajstić information content (AvgIpc) is 2.73. The number of rotatable bonds is 5. The number of pyridine rings is 2. The molecule has 2 N–H and O–H groups in total. The van der Waals surface area contributed by atoms with Gasteiger partial charge in [-0.1, -0.05) is 24.3 Å². The van der Waals surface area contributed by atoms with E-state index in [2.05, 4.69) is 30.6 Å². The molecule has 1 aromatic carbocycles. The van der Waals surface area contributed by atoms with Gasteiger partial charge in [0.05, 0.1) is 23.4 Å². The van der Waals surface area contributed by atoms with Gasteiger partial charge in [0.25, 0.3) is 5.91 Å². The Morgan fingerprint density at radius 1 is 0.964 bits per heavy atom. The van der Waals surface area contributed by atoms with E-state index >= 15 is 0 Å². The van der Waals surface area contributed by atoms with Crippen molar-refractivity contribution in [1.29, 1.82) is 0 Å². The van der Waals surface area contributed by atoms with E-state index < -0.39 is 0 Å². The highest BCUT2D eigenvalue weighted by Gasteiger charge is 2.13. The van der Waals surface area contributed by atoms with E-state index in [1.54, 1.807) is 18.5 Å². The third-order valence-corrected chi connectivity index (χ3v) is 4.12. The van der Waals surface area contributed by atoms with Gasteiger partial charge < -0.3 is 10.6 Å². The first-order valence-electron chi connectivity index (χ1n) is 8.83. The molecule has 0 aliphatic carbocycles. The molecular weight excluding hydrogens is 352 g/mol. The summed E-state index contributed by atoms with van der Waals surface area (Å²) in [6.07, 6.45) is 3.43. The number of nitrogens with zero attached hydrogens (tertiary/aromatic N) is 4. The predicted octanol–water partition coefficient (Wildman–Crippen LogP) is 3.59. The number of aryl methyl sites for hydroxylation is 1. The minimum atomic E-state index is -0.315. The number of carbonyl (C=O) groups excluding carboxylic acids is 1. The van der Waals surface area contributed by atoms with Gasteiger partial charge in [0.1, 0.15) is 5.69 Å². The molecular formula is C21H18N6O. The van der Waals surface area contributed by atoms with Gasteiger partial charge in [0.2, 0.25) is 5.95 Å². The van der Waals surface area contributed by atoms with Gasteiger partial charge in [0.15, 0.2) is 0 Å². The Morgan fingerprint density at radius 3 is 2.68 bits per heavy atom.